The van der Waals surface area contributed by atoms with Crippen LogP contribution in [0, 0.1) is 5.82 Å². The zero-order valence-electron chi connectivity index (χ0n) is 10.3. The van der Waals surface area contributed by atoms with E-state index >= 15 is 0 Å². The molecule has 0 spiro atoms. The molecule has 20 heavy (non-hydrogen) atoms. The predicted molar refractivity (Wildman–Crippen MR) is 68.9 cm³/mol. The number of hydrogen-bond acceptors (Lipinski definition) is 4. The number of anilines is 1. The molecule has 0 aromatic carbocycles. The van der Waals surface area contributed by atoms with Gasteiger partial charge < -0.3 is 5.11 Å². The second-order valence-electron chi connectivity index (χ2n) is 4.71. The molecule has 1 aliphatic heterocycles. The Morgan fingerprint density at radius 1 is 1.20 bits per heavy atom. The van der Waals surface area contributed by atoms with E-state index in [4.69, 9.17) is 11.6 Å². The van der Waals surface area contributed by atoms with E-state index in [2.05, 4.69) is 4.98 Å². The van der Waals surface area contributed by atoms with Crippen molar-refractivity contribution in [3.63, 3.8) is 0 Å². The van der Waals surface area contributed by atoms with Crippen molar-refractivity contribution >= 4 is 29.2 Å². The first-order chi connectivity index (χ1) is 9.50. The Morgan fingerprint density at radius 3 is 2.30 bits per heavy atom. The Morgan fingerprint density at radius 2 is 1.75 bits per heavy atom. The molecule has 104 valence electrons. The fourth-order valence-corrected chi connectivity index (χ4v) is 2.67. The van der Waals surface area contributed by atoms with Gasteiger partial charge in [0.2, 0.25) is 5.88 Å². The van der Waals surface area contributed by atoms with Gasteiger partial charge in [-0.1, -0.05) is 11.6 Å². The summed E-state index contributed by atoms with van der Waals surface area (Å²) in [6.45, 7) is 0. The van der Waals surface area contributed by atoms with Gasteiger partial charge in [-0.15, -0.1) is 0 Å². The molecule has 0 atom stereocenters. The lowest BCUT2D eigenvalue weighted by atomic mass is 9.93. The average Bonchev–Trinajstić information content (AvgIpc) is 2.68. The van der Waals surface area contributed by atoms with Gasteiger partial charge in [-0.3, -0.25) is 9.59 Å². The number of imide groups is 1. The van der Waals surface area contributed by atoms with Crippen LogP contribution in [0.5, 0.6) is 5.88 Å². The zero-order chi connectivity index (χ0) is 14.4. The second-order valence-corrected chi connectivity index (χ2v) is 5.12. The van der Waals surface area contributed by atoms with E-state index in [1.54, 1.807) is 0 Å². The van der Waals surface area contributed by atoms with Gasteiger partial charge in [-0.25, -0.2) is 9.29 Å². The molecule has 0 fully saturated rings. The zero-order valence-corrected chi connectivity index (χ0v) is 11.1. The van der Waals surface area contributed by atoms with Crippen molar-refractivity contribution in [3.8, 4) is 5.88 Å². The van der Waals surface area contributed by atoms with E-state index in [0.29, 0.717) is 28.9 Å². The fraction of sp³-hybridized carbons (Fsp3) is 0.308. The molecule has 2 amide bonds. The highest BCUT2D eigenvalue weighted by atomic mass is 35.5. The van der Waals surface area contributed by atoms with Gasteiger partial charge >= 0.3 is 0 Å². The number of halogens is 2. The molecular formula is C13H10ClFN2O3. The molecule has 5 nitrogen and oxygen atoms in total. The quantitative estimate of drug-likeness (QED) is 0.807. The number of aromatic hydroxyl groups is 1. The summed E-state index contributed by atoms with van der Waals surface area (Å²) in [6.07, 6.45) is 2.68. The molecule has 3 rings (SSSR count). The summed E-state index contributed by atoms with van der Waals surface area (Å²) < 4.78 is 13.9. The van der Waals surface area contributed by atoms with Gasteiger partial charge in [0.1, 0.15) is 5.02 Å². The van der Waals surface area contributed by atoms with E-state index in [9.17, 15) is 19.1 Å². The summed E-state index contributed by atoms with van der Waals surface area (Å²) in [5, 5.41) is 9.17. The van der Waals surface area contributed by atoms with Crippen molar-refractivity contribution in [2.45, 2.75) is 25.7 Å². The normalized spacial score (nSPS) is 18.8. The molecule has 1 aromatic rings. The molecular weight excluding hydrogens is 287 g/mol. The van der Waals surface area contributed by atoms with E-state index in [1.165, 1.54) is 0 Å². The standard InChI is InChI=1S/C13H10ClFN2O3/c14-8-5-9(15)10(16-11(8)18)17-12(19)6-3-1-2-4-7(6)13(17)20/h5H,1-4H2,(H,16,18). The molecule has 2 aliphatic rings. The first-order valence-corrected chi connectivity index (χ1v) is 6.54. The van der Waals surface area contributed by atoms with Crippen LogP contribution in [0.2, 0.25) is 5.02 Å². The SMILES string of the molecule is O=C1C2=C(CCCC2)C(=O)N1c1nc(O)c(Cl)cc1F. The summed E-state index contributed by atoms with van der Waals surface area (Å²) in [5.74, 6) is -3.16. The largest absolute Gasteiger partial charge is 0.492 e. The lowest BCUT2D eigenvalue weighted by molar-refractivity contribution is -0.120. The van der Waals surface area contributed by atoms with Crippen molar-refractivity contribution in [2.24, 2.45) is 0 Å². The van der Waals surface area contributed by atoms with Gasteiger partial charge in [0.15, 0.2) is 11.6 Å². The van der Waals surface area contributed by atoms with Crippen LogP contribution in [-0.2, 0) is 9.59 Å². The highest BCUT2D eigenvalue weighted by molar-refractivity contribution is 6.33. The molecule has 0 saturated carbocycles. The topological polar surface area (TPSA) is 70.5 Å². The van der Waals surface area contributed by atoms with Crippen LogP contribution in [0.3, 0.4) is 0 Å². The molecule has 0 radical (unpaired) electrons. The van der Waals surface area contributed by atoms with Crippen LogP contribution < -0.4 is 4.90 Å². The smallest absolute Gasteiger partial charge is 0.263 e. The molecule has 1 aromatic heterocycles. The second kappa shape index (κ2) is 4.56. The van der Waals surface area contributed by atoms with Crippen molar-refractivity contribution in [3.05, 3.63) is 28.1 Å². The minimum atomic E-state index is -0.922. The number of pyridine rings is 1. The van der Waals surface area contributed by atoms with Crippen LogP contribution in [0.1, 0.15) is 25.7 Å². The first-order valence-electron chi connectivity index (χ1n) is 6.16. The van der Waals surface area contributed by atoms with Crippen molar-refractivity contribution in [1.29, 1.82) is 0 Å². The van der Waals surface area contributed by atoms with E-state index in [-0.39, 0.29) is 5.02 Å². The summed E-state index contributed by atoms with van der Waals surface area (Å²) in [6, 6.07) is 0.830. The highest BCUT2D eigenvalue weighted by Gasteiger charge is 2.41. The summed E-state index contributed by atoms with van der Waals surface area (Å²) in [4.78, 5) is 28.7. The third kappa shape index (κ3) is 1.79. The summed E-state index contributed by atoms with van der Waals surface area (Å²) in [7, 11) is 0. The van der Waals surface area contributed by atoms with Gasteiger partial charge in [0.25, 0.3) is 11.8 Å². The van der Waals surface area contributed by atoms with Gasteiger partial charge in [-0.2, -0.15) is 4.98 Å². The molecule has 7 heteroatoms. The molecule has 0 bridgehead atoms. The number of carbonyl (C=O) groups excluding carboxylic acids is 2. The number of hydrogen-bond donors (Lipinski definition) is 1. The maximum Gasteiger partial charge on any atom is 0.263 e. The van der Waals surface area contributed by atoms with Crippen LogP contribution in [0.25, 0.3) is 0 Å². The number of nitrogens with zero attached hydrogens (tertiary/aromatic N) is 2. The maximum absolute atomic E-state index is 13.9. The molecule has 2 heterocycles. The van der Waals surface area contributed by atoms with Crippen molar-refractivity contribution < 1.29 is 19.1 Å². The minimum absolute atomic E-state index is 0.275. The van der Waals surface area contributed by atoms with E-state index in [0.717, 1.165) is 18.9 Å². The minimum Gasteiger partial charge on any atom is -0.492 e. The fourth-order valence-electron chi connectivity index (χ4n) is 2.54. The van der Waals surface area contributed by atoms with Crippen LogP contribution in [-0.4, -0.2) is 21.9 Å². The number of amides is 2. The number of aromatic nitrogens is 1. The average molecular weight is 297 g/mol. The van der Waals surface area contributed by atoms with Crippen molar-refractivity contribution in [2.75, 3.05) is 4.90 Å². The Hall–Kier alpha value is -1.95. The van der Waals surface area contributed by atoms with Crippen molar-refractivity contribution in [1.82, 2.24) is 4.98 Å². The number of carbonyl (C=O) groups is 2. The van der Waals surface area contributed by atoms with Gasteiger partial charge in [-0.05, 0) is 25.7 Å². The van der Waals surface area contributed by atoms with Crippen LogP contribution >= 0.6 is 11.6 Å². The molecule has 0 saturated heterocycles. The van der Waals surface area contributed by atoms with Crippen LogP contribution in [0.15, 0.2) is 17.2 Å². The summed E-state index contributed by atoms with van der Waals surface area (Å²) in [5.41, 5.74) is 0.855. The third-order valence-electron chi connectivity index (χ3n) is 3.49. The number of rotatable bonds is 1. The summed E-state index contributed by atoms with van der Waals surface area (Å²) >= 11 is 5.54. The maximum atomic E-state index is 13.9. The third-order valence-corrected chi connectivity index (χ3v) is 3.77. The molecule has 0 unspecified atom stereocenters. The highest BCUT2D eigenvalue weighted by Crippen LogP contribution is 2.37. The van der Waals surface area contributed by atoms with Crippen LogP contribution in [0.4, 0.5) is 10.2 Å². The monoisotopic (exact) mass is 296 g/mol. The molecule has 1 aliphatic carbocycles. The molecule has 1 N–H and O–H groups in total. The predicted octanol–water partition coefficient (Wildman–Crippen LogP) is 2.32. The van der Waals surface area contributed by atoms with Gasteiger partial charge in [0, 0.05) is 17.2 Å². The van der Waals surface area contributed by atoms with E-state index in [1.807, 2.05) is 0 Å². The lowest BCUT2D eigenvalue weighted by Crippen LogP contribution is -2.33. The Labute approximate surface area is 118 Å². The van der Waals surface area contributed by atoms with E-state index < -0.39 is 29.3 Å². The Kier molecular flexibility index (Phi) is 2.97. The lowest BCUT2D eigenvalue weighted by Gasteiger charge is -2.15. The first kappa shape index (κ1) is 13.1. The Balaban J connectivity index is 2.07. The Bertz CT molecular complexity index is 644. The van der Waals surface area contributed by atoms with Gasteiger partial charge in [0.05, 0.1) is 0 Å².